The molecule has 0 saturated heterocycles. The molecule has 0 aromatic heterocycles. The lowest BCUT2D eigenvalue weighted by Crippen LogP contribution is -2.13. The minimum Gasteiger partial charge on any atom is -0.481 e. The zero-order chi connectivity index (χ0) is 50.3. The lowest BCUT2D eigenvalue weighted by atomic mass is 9.92. The zero-order valence-electron chi connectivity index (χ0n) is 38.0. The van der Waals surface area contributed by atoms with E-state index >= 15 is 0 Å². The van der Waals surface area contributed by atoms with Crippen molar-refractivity contribution in [3.63, 3.8) is 0 Å². The van der Waals surface area contributed by atoms with Crippen molar-refractivity contribution in [1.29, 1.82) is 0 Å². The van der Waals surface area contributed by atoms with Crippen LogP contribution in [0.15, 0.2) is 102 Å². The molecule has 0 spiro atoms. The number of hydrogen-bond donors (Lipinski definition) is 1. The van der Waals surface area contributed by atoms with Gasteiger partial charge in [0.25, 0.3) is 0 Å². The molecule has 362 valence electrons. The zero-order valence-corrected chi connectivity index (χ0v) is 41.0. The summed E-state index contributed by atoms with van der Waals surface area (Å²) in [6.45, 7) is 2.27. The highest BCUT2D eigenvalue weighted by Crippen LogP contribution is 2.28. The van der Waals surface area contributed by atoms with E-state index in [0.29, 0.717) is 26.5 Å². The van der Waals surface area contributed by atoms with Crippen LogP contribution in [0.4, 0.5) is 0 Å². The molecular weight excluding hydrogens is 952 g/mol. The molecule has 0 heterocycles. The lowest BCUT2D eigenvalue weighted by Gasteiger charge is -2.15. The number of carboxylic acid groups (broad SMARTS) is 1. The topological polar surface area (TPSA) is 198 Å². The summed E-state index contributed by atoms with van der Waals surface area (Å²) in [5.74, 6) is -3.24. The fourth-order valence-corrected chi connectivity index (χ4v) is 6.63. The van der Waals surface area contributed by atoms with Gasteiger partial charge in [0.1, 0.15) is 0 Å². The highest BCUT2D eigenvalue weighted by atomic mass is 35.5. The molecular formula is C49H55Cl4NO13. The number of esters is 5. The van der Waals surface area contributed by atoms with E-state index in [1.54, 1.807) is 72.8 Å². The van der Waals surface area contributed by atoms with Gasteiger partial charge in [0, 0.05) is 37.8 Å². The van der Waals surface area contributed by atoms with E-state index in [9.17, 15) is 33.6 Å². The molecule has 4 rings (SSSR count). The Morgan fingerprint density at radius 2 is 0.687 bits per heavy atom. The number of carbonyl (C=O) groups excluding carboxylic acids is 6. The molecule has 67 heavy (non-hydrogen) atoms. The van der Waals surface area contributed by atoms with Gasteiger partial charge in [-0.25, -0.2) is 9.79 Å². The second-order valence-corrected chi connectivity index (χ2v) is 16.1. The van der Waals surface area contributed by atoms with E-state index in [2.05, 4.69) is 35.6 Å². The maximum atomic E-state index is 11.3. The Hall–Kier alpha value is -5.76. The number of benzene rings is 4. The Kier molecular flexibility index (Phi) is 29.8. The van der Waals surface area contributed by atoms with Crippen LogP contribution in [0.25, 0.3) is 0 Å². The van der Waals surface area contributed by atoms with Crippen molar-refractivity contribution < 1.29 is 62.4 Å². The Balaban J connectivity index is 0.000000447. The number of ether oxygens (including phenoxy) is 5. The van der Waals surface area contributed by atoms with Crippen LogP contribution in [0, 0.1) is 0 Å². The standard InChI is InChI=1S/C13H15ClO4.C12H12ClNO3.C12H13ClO4.C12H15ClO2/c1-17-12(15)7-10(8-13(16)18-2)9-3-5-11(14)6-4-9;1-17-12(16)6-10(7-14-8-15)9-2-4-11(13)5-3-9;1-17-12(16)7-9(6-11(14)15)8-2-4-10(13)5-3-8;1-3-9(8-12(14)15-2)10-4-6-11(13)7-5-10/h3-6,10H,7-8H2,1-2H3;2-5,10H,6-7H2,1H3;2-5,9H,6-7H2,1H3,(H,14,15);4-7,9H,3,8H2,1-2H3/t;10-;2*9-/m.011/s1. The summed E-state index contributed by atoms with van der Waals surface area (Å²) in [6, 6.07) is 28.5. The minimum atomic E-state index is -0.950. The summed E-state index contributed by atoms with van der Waals surface area (Å²) in [5.41, 5.74) is 3.64. The first-order valence-corrected chi connectivity index (χ1v) is 22.1. The van der Waals surface area contributed by atoms with Gasteiger partial charge in [0.2, 0.25) is 6.08 Å². The molecule has 0 unspecified atom stereocenters. The van der Waals surface area contributed by atoms with E-state index in [0.717, 1.165) is 28.7 Å². The smallest absolute Gasteiger partial charge is 0.306 e. The van der Waals surface area contributed by atoms with Gasteiger partial charge in [-0.3, -0.25) is 28.8 Å². The van der Waals surface area contributed by atoms with Gasteiger partial charge in [0.05, 0.1) is 80.6 Å². The number of nitrogens with zero attached hydrogens (tertiary/aromatic N) is 1. The van der Waals surface area contributed by atoms with Crippen LogP contribution in [0.2, 0.25) is 20.1 Å². The van der Waals surface area contributed by atoms with Crippen molar-refractivity contribution in [2.75, 3.05) is 42.1 Å². The second-order valence-electron chi connectivity index (χ2n) is 14.3. The number of isocyanates is 1. The quantitative estimate of drug-likeness (QED) is 0.0403. The van der Waals surface area contributed by atoms with Gasteiger partial charge in [-0.15, -0.1) is 0 Å². The van der Waals surface area contributed by atoms with Crippen molar-refractivity contribution in [2.45, 2.75) is 75.5 Å². The first-order valence-electron chi connectivity index (χ1n) is 20.5. The van der Waals surface area contributed by atoms with Gasteiger partial charge < -0.3 is 28.8 Å². The number of carboxylic acids is 1. The maximum absolute atomic E-state index is 11.3. The third kappa shape index (κ3) is 25.1. The Bertz CT molecular complexity index is 2100. The molecule has 0 fully saturated rings. The number of hydrogen-bond acceptors (Lipinski definition) is 13. The molecule has 0 amide bonds. The van der Waals surface area contributed by atoms with Crippen LogP contribution in [-0.4, -0.2) is 89.1 Å². The van der Waals surface area contributed by atoms with E-state index in [-0.39, 0.29) is 80.3 Å². The predicted octanol–water partition coefficient (Wildman–Crippen LogP) is 10.7. The Labute approximate surface area is 410 Å². The molecule has 0 saturated carbocycles. The molecule has 3 atom stereocenters. The highest BCUT2D eigenvalue weighted by molar-refractivity contribution is 6.31. The van der Waals surface area contributed by atoms with E-state index in [4.69, 9.17) is 51.5 Å². The SMILES string of the molecule is CC[C@H](CC(=O)OC)c1ccc(Cl)cc1.COC(=O)CC(CC(=O)OC)c1ccc(Cl)cc1.COC(=O)C[C@@H](CC(=O)O)c1ccc(Cl)cc1.COC(=O)C[C@@H](CN=C=O)c1ccc(Cl)cc1. The van der Waals surface area contributed by atoms with Crippen LogP contribution in [0.3, 0.4) is 0 Å². The first-order chi connectivity index (χ1) is 31.9. The van der Waals surface area contributed by atoms with Crippen LogP contribution < -0.4 is 0 Å². The van der Waals surface area contributed by atoms with Crippen molar-refractivity contribution >= 4 is 88.3 Å². The molecule has 14 nitrogen and oxygen atoms in total. The molecule has 1 N–H and O–H groups in total. The van der Waals surface area contributed by atoms with Crippen molar-refractivity contribution in [2.24, 2.45) is 4.99 Å². The third-order valence-corrected chi connectivity index (χ3v) is 10.9. The molecule has 18 heteroatoms. The van der Waals surface area contributed by atoms with Gasteiger partial charge in [-0.05, 0) is 83.1 Å². The predicted molar refractivity (Wildman–Crippen MR) is 255 cm³/mol. The number of rotatable bonds is 19. The summed E-state index contributed by atoms with van der Waals surface area (Å²) < 4.78 is 23.1. The van der Waals surface area contributed by atoms with Gasteiger partial charge in [-0.2, -0.15) is 0 Å². The number of methoxy groups -OCH3 is 5. The first kappa shape index (κ1) is 59.3. The third-order valence-electron chi connectivity index (χ3n) is 9.86. The molecule has 0 aliphatic carbocycles. The van der Waals surface area contributed by atoms with E-state index < -0.39 is 17.9 Å². The van der Waals surface area contributed by atoms with Crippen molar-refractivity contribution in [3.05, 3.63) is 139 Å². The molecule has 0 aliphatic heterocycles. The summed E-state index contributed by atoms with van der Waals surface area (Å²) in [6.07, 6.45) is 3.17. The average Bonchev–Trinajstić information content (AvgIpc) is 3.32. The molecule has 4 aromatic carbocycles. The molecule has 0 bridgehead atoms. The number of aliphatic imine (C=N–C) groups is 1. The number of aliphatic carboxylic acids is 1. The van der Waals surface area contributed by atoms with Crippen LogP contribution in [-0.2, 0) is 57.2 Å². The summed E-state index contributed by atoms with van der Waals surface area (Å²) in [7, 11) is 6.65. The minimum absolute atomic E-state index is 0.0461. The largest absolute Gasteiger partial charge is 0.481 e. The van der Waals surface area contributed by atoms with Crippen LogP contribution in [0.5, 0.6) is 0 Å². The summed E-state index contributed by atoms with van der Waals surface area (Å²) in [4.78, 5) is 80.7. The van der Waals surface area contributed by atoms with Crippen LogP contribution in [0.1, 0.15) is 97.8 Å². The van der Waals surface area contributed by atoms with Crippen molar-refractivity contribution in [3.8, 4) is 0 Å². The summed E-state index contributed by atoms with van der Waals surface area (Å²) in [5, 5.41) is 11.3. The lowest BCUT2D eigenvalue weighted by molar-refractivity contribution is -0.144. The average molecular weight is 1010 g/mol. The molecule has 4 aromatic rings. The molecule has 0 radical (unpaired) electrons. The van der Waals surface area contributed by atoms with E-state index in [1.165, 1.54) is 41.6 Å². The maximum Gasteiger partial charge on any atom is 0.306 e. The van der Waals surface area contributed by atoms with Crippen LogP contribution >= 0.6 is 46.4 Å². The van der Waals surface area contributed by atoms with Crippen molar-refractivity contribution in [1.82, 2.24) is 0 Å². The monoisotopic (exact) mass is 1010 g/mol. The highest BCUT2D eigenvalue weighted by Gasteiger charge is 2.22. The number of halogens is 4. The van der Waals surface area contributed by atoms with Gasteiger partial charge in [0.15, 0.2) is 0 Å². The van der Waals surface area contributed by atoms with E-state index in [1.807, 2.05) is 24.3 Å². The Morgan fingerprint density at radius 3 is 0.940 bits per heavy atom. The fraction of sp³-hybridized carbons (Fsp3) is 0.367. The van der Waals surface area contributed by atoms with Gasteiger partial charge in [-0.1, -0.05) is 102 Å². The number of carbonyl (C=O) groups is 6. The summed E-state index contributed by atoms with van der Waals surface area (Å²) >= 11 is 23.1. The Morgan fingerprint density at radius 1 is 0.448 bits per heavy atom. The molecule has 0 aliphatic rings. The fourth-order valence-electron chi connectivity index (χ4n) is 6.12. The van der Waals surface area contributed by atoms with Gasteiger partial charge >= 0.3 is 35.8 Å². The second kappa shape index (κ2) is 33.7. The normalized spacial score (nSPS) is 11.4.